The van der Waals surface area contributed by atoms with E-state index in [-0.39, 0.29) is 43.2 Å². The van der Waals surface area contributed by atoms with Gasteiger partial charge in [-0.1, -0.05) is 169 Å². The standard InChI is InChI=1S/C51H64O7/c1-36-31-43-48(55,46(36)54)34-38(35-57-51(39-23-15-12-16-24-39,40-25-17-13-18-26-40)41-27-19-14-20-28-41)32-42-45-47(3,4)49(45,33-37(2)50(42,43)56)58-44(53)29-21-10-8-6-5-7-9-11-22-30-52/h12-20,23-28,31-32,37,42-43,45,52,55-56H,5-11,21-22,29-30,33-35H2,1-4H3/t37-,42+,43-,45-,48-,49+,50-/m1/s1. The van der Waals surface area contributed by atoms with E-state index in [1.54, 1.807) is 13.0 Å². The third-order valence-electron chi connectivity index (χ3n) is 14.5. The number of aliphatic hydroxyl groups is 3. The van der Waals surface area contributed by atoms with Crippen molar-refractivity contribution in [3.8, 4) is 0 Å². The van der Waals surface area contributed by atoms with E-state index in [1.165, 1.54) is 12.8 Å². The molecular formula is C51H64O7. The summed E-state index contributed by atoms with van der Waals surface area (Å²) in [5.74, 6) is -2.50. The van der Waals surface area contributed by atoms with Crippen LogP contribution in [0.3, 0.4) is 0 Å². The number of rotatable bonds is 18. The van der Waals surface area contributed by atoms with E-state index in [0.29, 0.717) is 18.4 Å². The number of Topliss-reactive ketones (excluding diaryl/α,β-unsaturated/α-hetero) is 1. The first-order valence-corrected chi connectivity index (χ1v) is 21.9. The maximum Gasteiger partial charge on any atom is 0.306 e. The maximum absolute atomic E-state index is 14.0. The number of benzene rings is 3. The Labute approximate surface area is 345 Å². The lowest BCUT2D eigenvalue weighted by atomic mass is 9.60. The van der Waals surface area contributed by atoms with E-state index < -0.39 is 39.7 Å². The molecule has 0 amide bonds. The van der Waals surface area contributed by atoms with Crippen LogP contribution in [0.15, 0.2) is 114 Å². The van der Waals surface area contributed by atoms with E-state index >= 15 is 0 Å². The molecule has 310 valence electrons. The van der Waals surface area contributed by atoms with Gasteiger partial charge in [0.25, 0.3) is 0 Å². The summed E-state index contributed by atoms with van der Waals surface area (Å²) in [6.45, 7) is 8.35. The molecule has 58 heavy (non-hydrogen) atoms. The Morgan fingerprint density at radius 2 is 1.26 bits per heavy atom. The zero-order valence-corrected chi connectivity index (χ0v) is 35.0. The average Bonchev–Trinajstić information content (AvgIpc) is 3.63. The number of hydrogen-bond donors (Lipinski definition) is 3. The minimum Gasteiger partial charge on any atom is -0.458 e. The van der Waals surface area contributed by atoms with Crippen LogP contribution >= 0.6 is 0 Å². The van der Waals surface area contributed by atoms with Crippen molar-refractivity contribution in [1.29, 1.82) is 0 Å². The van der Waals surface area contributed by atoms with Gasteiger partial charge in [-0.15, -0.1) is 0 Å². The minimum atomic E-state index is -1.85. The number of fused-ring (bicyclic) bond motifs is 5. The van der Waals surface area contributed by atoms with Crippen LogP contribution in [0.5, 0.6) is 0 Å². The minimum absolute atomic E-state index is 0.0207. The van der Waals surface area contributed by atoms with Crippen LogP contribution < -0.4 is 0 Å². The quantitative estimate of drug-likeness (QED) is 0.0510. The molecule has 4 aliphatic carbocycles. The highest BCUT2D eigenvalue weighted by Gasteiger charge is 2.83. The van der Waals surface area contributed by atoms with Crippen LogP contribution in [0.1, 0.15) is 121 Å². The van der Waals surface area contributed by atoms with Gasteiger partial charge in [-0.3, -0.25) is 9.59 Å². The molecule has 3 aromatic carbocycles. The lowest BCUT2D eigenvalue weighted by molar-refractivity contribution is -0.187. The normalized spacial score (nSPS) is 29.7. The van der Waals surface area contributed by atoms with Gasteiger partial charge in [0.2, 0.25) is 0 Å². The molecule has 0 radical (unpaired) electrons. The fraction of sp³-hybridized carbons (Fsp3) is 0.529. The molecule has 7 rings (SSSR count). The topological polar surface area (TPSA) is 113 Å². The number of hydrogen-bond acceptors (Lipinski definition) is 7. The third-order valence-corrected chi connectivity index (χ3v) is 14.5. The molecule has 4 aliphatic rings. The number of ketones is 1. The van der Waals surface area contributed by atoms with E-state index in [2.05, 4.69) is 56.3 Å². The van der Waals surface area contributed by atoms with Crippen molar-refractivity contribution in [3.63, 3.8) is 0 Å². The monoisotopic (exact) mass is 788 g/mol. The van der Waals surface area contributed by atoms with E-state index in [1.807, 2.05) is 61.5 Å². The molecule has 2 fully saturated rings. The lowest BCUT2D eigenvalue weighted by Crippen LogP contribution is -2.61. The van der Waals surface area contributed by atoms with Gasteiger partial charge in [0, 0.05) is 42.6 Å². The Morgan fingerprint density at radius 3 is 1.78 bits per heavy atom. The van der Waals surface area contributed by atoms with E-state index in [4.69, 9.17) is 14.6 Å². The van der Waals surface area contributed by atoms with Crippen molar-refractivity contribution in [1.82, 2.24) is 0 Å². The third kappa shape index (κ3) is 7.35. The number of esters is 1. The Bertz CT molecular complexity index is 1860. The highest BCUT2D eigenvalue weighted by molar-refractivity contribution is 6.04. The van der Waals surface area contributed by atoms with Gasteiger partial charge in [-0.25, -0.2) is 0 Å². The van der Waals surface area contributed by atoms with E-state index in [9.17, 15) is 19.8 Å². The molecule has 0 aliphatic heterocycles. The summed E-state index contributed by atoms with van der Waals surface area (Å²) in [4.78, 5) is 27.7. The number of carbonyl (C=O) groups is 2. The molecule has 0 spiro atoms. The highest BCUT2D eigenvalue weighted by Crippen LogP contribution is 2.76. The van der Waals surface area contributed by atoms with Crippen LogP contribution in [-0.2, 0) is 24.7 Å². The zero-order valence-electron chi connectivity index (χ0n) is 35.0. The second kappa shape index (κ2) is 17.0. The molecule has 7 heteroatoms. The summed E-state index contributed by atoms with van der Waals surface area (Å²) in [6.07, 6.45) is 14.2. The zero-order chi connectivity index (χ0) is 41.2. The van der Waals surface area contributed by atoms with E-state index in [0.717, 1.165) is 67.2 Å². The van der Waals surface area contributed by atoms with Crippen molar-refractivity contribution >= 4 is 11.8 Å². The fourth-order valence-electron chi connectivity index (χ4n) is 11.4. The summed E-state index contributed by atoms with van der Waals surface area (Å²) >= 11 is 0. The summed E-state index contributed by atoms with van der Waals surface area (Å²) in [7, 11) is 0. The van der Waals surface area contributed by atoms with Crippen LogP contribution in [0.25, 0.3) is 0 Å². The number of unbranched alkanes of at least 4 members (excludes halogenated alkanes) is 8. The molecule has 2 saturated carbocycles. The van der Waals surface area contributed by atoms with Gasteiger partial charge >= 0.3 is 5.97 Å². The van der Waals surface area contributed by atoms with Gasteiger partial charge in [0.05, 0.1) is 12.2 Å². The van der Waals surface area contributed by atoms with Gasteiger partial charge < -0.3 is 24.8 Å². The fourth-order valence-corrected chi connectivity index (χ4v) is 11.4. The molecule has 0 heterocycles. The number of carbonyl (C=O) groups excluding carboxylic acids is 2. The van der Waals surface area contributed by atoms with Crippen molar-refractivity contribution < 1.29 is 34.4 Å². The van der Waals surface area contributed by atoms with Gasteiger partial charge in [0.1, 0.15) is 16.8 Å². The van der Waals surface area contributed by atoms with Crippen LogP contribution in [0, 0.1) is 29.1 Å². The predicted octanol–water partition coefficient (Wildman–Crippen LogP) is 9.42. The molecule has 7 atom stereocenters. The van der Waals surface area contributed by atoms with Crippen LogP contribution in [0.4, 0.5) is 0 Å². The first-order chi connectivity index (χ1) is 27.9. The molecule has 0 aromatic heterocycles. The molecule has 0 unspecified atom stereocenters. The van der Waals surface area contributed by atoms with Crippen LogP contribution in [0.2, 0.25) is 0 Å². The second-order valence-electron chi connectivity index (χ2n) is 18.4. The van der Waals surface area contributed by atoms with Crippen molar-refractivity contribution in [2.24, 2.45) is 29.1 Å². The Hall–Kier alpha value is -3.88. The van der Waals surface area contributed by atoms with Crippen molar-refractivity contribution in [3.05, 3.63) is 131 Å². The maximum atomic E-state index is 14.0. The molecule has 0 bridgehead atoms. The van der Waals surface area contributed by atoms with Gasteiger partial charge in [0.15, 0.2) is 5.78 Å². The first-order valence-electron chi connectivity index (χ1n) is 21.9. The van der Waals surface area contributed by atoms with Crippen molar-refractivity contribution in [2.75, 3.05) is 13.2 Å². The molecule has 3 aromatic rings. The smallest absolute Gasteiger partial charge is 0.306 e. The average molecular weight is 789 g/mol. The molecule has 0 saturated heterocycles. The predicted molar refractivity (Wildman–Crippen MR) is 227 cm³/mol. The first kappa shape index (κ1) is 42.3. The molecule has 7 nitrogen and oxygen atoms in total. The van der Waals surface area contributed by atoms with Crippen molar-refractivity contribution in [2.45, 2.75) is 127 Å². The van der Waals surface area contributed by atoms with Gasteiger partial charge in [-0.05, 0) is 59.9 Å². The number of ether oxygens (including phenoxy) is 2. The second-order valence-corrected chi connectivity index (χ2v) is 18.4. The number of aliphatic hydroxyl groups excluding tert-OH is 1. The Balaban J connectivity index is 1.18. The van der Waals surface area contributed by atoms with Gasteiger partial charge in [-0.2, -0.15) is 0 Å². The lowest BCUT2D eigenvalue weighted by Gasteiger charge is -2.50. The largest absolute Gasteiger partial charge is 0.458 e. The Kier molecular flexibility index (Phi) is 12.4. The SMILES string of the molecule is CC1=C[C@H]2[C@@]3(O)[C@H](C)C[C@]4(OC(=O)CCCCCCCCCCCO)[C@H]([C@@H]3C=C(COC(c3ccccc3)(c3ccccc3)c3ccccc3)C[C@]2(O)C1=O)C4(C)C. The molecular weight excluding hydrogens is 725 g/mol. The summed E-state index contributed by atoms with van der Waals surface area (Å²) in [5.41, 5.74) is -1.53. The summed E-state index contributed by atoms with van der Waals surface area (Å²) < 4.78 is 13.9. The highest BCUT2D eigenvalue weighted by atomic mass is 16.6. The van der Waals surface area contributed by atoms with Crippen LogP contribution in [-0.4, -0.2) is 57.1 Å². The summed E-state index contributed by atoms with van der Waals surface area (Å²) in [6, 6.07) is 30.4. The molecule has 3 N–H and O–H groups in total. The summed E-state index contributed by atoms with van der Waals surface area (Å²) in [5, 5.41) is 34.8. The Morgan fingerprint density at radius 1 is 0.759 bits per heavy atom.